The Morgan fingerprint density at radius 2 is 1.45 bits per heavy atom. The molecule has 0 heterocycles. The SMILES string of the molecule is CC[N+](C)(C)CCOc1ccc(/C=C/c2ccccc2)cc1. The molecular formula is C20H26NO+. The van der Waals surface area contributed by atoms with Gasteiger partial charge in [0, 0.05) is 0 Å². The van der Waals surface area contributed by atoms with Crippen LogP contribution < -0.4 is 4.74 Å². The van der Waals surface area contributed by atoms with Crippen molar-refractivity contribution in [3.05, 3.63) is 65.7 Å². The van der Waals surface area contributed by atoms with Crippen molar-refractivity contribution in [2.24, 2.45) is 0 Å². The molecule has 116 valence electrons. The first-order chi connectivity index (χ1) is 10.6. The van der Waals surface area contributed by atoms with Gasteiger partial charge in [-0.05, 0) is 30.2 Å². The Bertz CT molecular complexity index is 585. The van der Waals surface area contributed by atoms with Crippen molar-refractivity contribution < 1.29 is 9.22 Å². The van der Waals surface area contributed by atoms with E-state index >= 15 is 0 Å². The van der Waals surface area contributed by atoms with Gasteiger partial charge in [0.1, 0.15) is 18.9 Å². The molecule has 0 radical (unpaired) electrons. The maximum atomic E-state index is 5.82. The Balaban J connectivity index is 1.87. The van der Waals surface area contributed by atoms with Crippen LogP contribution in [0.2, 0.25) is 0 Å². The number of hydrogen-bond acceptors (Lipinski definition) is 1. The van der Waals surface area contributed by atoms with Crippen molar-refractivity contribution in [1.29, 1.82) is 0 Å². The molecule has 2 aromatic rings. The van der Waals surface area contributed by atoms with Gasteiger partial charge >= 0.3 is 0 Å². The minimum atomic E-state index is 0.750. The largest absolute Gasteiger partial charge is 0.488 e. The molecule has 0 saturated carbocycles. The lowest BCUT2D eigenvalue weighted by molar-refractivity contribution is -0.888. The van der Waals surface area contributed by atoms with Crippen molar-refractivity contribution in [2.45, 2.75) is 6.92 Å². The predicted molar refractivity (Wildman–Crippen MR) is 94.8 cm³/mol. The molecule has 2 heteroatoms. The quantitative estimate of drug-likeness (QED) is 0.546. The fraction of sp³-hybridized carbons (Fsp3) is 0.300. The summed E-state index contributed by atoms with van der Waals surface area (Å²) in [6.07, 6.45) is 4.24. The molecule has 0 unspecified atom stereocenters. The summed E-state index contributed by atoms with van der Waals surface area (Å²) in [5.41, 5.74) is 2.39. The molecule has 2 rings (SSSR count). The smallest absolute Gasteiger partial charge is 0.137 e. The summed E-state index contributed by atoms with van der Waals surface area (Å²) in [5, 5.41) is 0. The zero-order valence-electron chi connectivity index (χ0n) is 13.8. The second-order valence-corrected chi connectivity index (χ2v) is 6.14. The van der Waals surface area contributed by atoms with Gasteiger partial charge < -0.3 is 9.22 Å². The summed E-state index contributed by atoms with van der Waals surface area (Å²) >= 11 is 0. The lowest BCUT2D eigenvalue weighted by Gasteiger charge is -2.27. The molecule has 0 bridgehead atoms. The highest BCUT2D eigenvalue weighted by Crippen LogP contribution is 2.15. The van der Waals surface area contributed by atoms with E-state index < -0.39 is 0 Å². The lowest BCUT2D eigenvalue weighted by atomic mass is 10.1. The Morgan fingerprint density at radius 3 is 2.05 bits per heavy atom. The van der Waals surface area contributed by atoms with E-state index in [9.17, 15) is 0 Å². The number of rotatable bonds is 7. The third kappa shape index (κ3) is 5.38. The van der Waals surface area contributed by atoms with Gasteiger partial charge in [0.05, 0.1) is 20.6 Å². The van der Waals surface area contributed by atoms with Gasteiger partial charge in [-0.3, -0.25) is 0 Å². The normalized spacial score (nSPS) is 11.8. The number of hydrogen-bond donors (Lipinski definition) is 0. The van der Waals surface area contributed by atoms with Crippen LogP contribution in [0.25, 0.3) is 12.2 Å². The topological polar surface area (TPSA) is 9.23 Å². The first-order valence-corrected chi connectivity index (χ1v) is 7.87. The lowest BCUT2D eigenvalue weighted by Crippen LogP contribution is -2.42. The zero-order chi connectivity index (χ0) is 15.8. The van der Waals surface area contributed by atoms with Crippen LogP contribution in [0.15, 0.2) is 54.6 Å². The van der Waals surface area contributed by atoms with Crippen LogP contribution in [0.4, 0.5) is 0 Å². The number of quaternary nitrogens is 1. The van der Waals surface area contributed by atoms with Crippen molar-refractivity contribution in [2.75, 3.05) is 33.8 Å². The Kier molecular flexibility index (Phi) is 5.79. The molecule has 0 atom stereocenters. The van der Waals surface area contributed by atoms with Gasteiger partial charge in [-0.2, -0.15) is 0 Å². The molecule has 0 aliphatic rings. The Labute approximate surface area is 134 Å². The van der Waals surface area contributed by atoms with Crippen molar-refractivity contribution >= 4 is 12.2 Å². The molecular weight excluding hydrogens is 270 g/mol. The Hall–Kier alpha value is -2.06. The van der Waals surface area contributed by atoms with Gasteiger partial charge in [0.15, 0.2) is 0 Å². The fourth-order valence-electron chi connectivity index (χ4n) is 2.00. The van der Waals surface area contributed by atoms with Gasteiger partial charge in [0.25, 0.3) is 0 Å². The van der Waals surface area contributed by atoms with E-state index in [4.69, 9.17) is 4.74 Å². The van der Waals surface area contributed by atoms with Crippen molar-refractivity contribution in [3.8, 4) is 5.75 Å². The zero-order valence-corrected chi connectivity index (χ0v) is 13.8. The molecule has 0 aromatic heterocycles. The van der Waals surface area contributed by atoms with Crippen LogP contribution in [0.3, 0.4) is 0 Å². The van der Waals surface area contributed by atoms with Crippen LogP contribution in [0, 0.1) is 0 Å². The highest BCUT2D eigenvalue weighted by Gasteiger charge is 2.11. The molecule has 0 spiro atoms. The highest BCUT2D eigenvalue weighted by atomic mass is 16.5. The minimum absolute atomic E-state index is 0.750. The third-order valence-electron chi connectivity index (χ3n) is 3.97. The minimum Gasteiger partial charge on any atom is -0.488 e. The molecule has 0 aliphatic heterocycles. The molecule has 0 fully saturated rings. The van der Waals surface area contributed by atoms with E-state index in [0.717, 1.165) is 29.9 Å². The second kappa shape index (κ2) is 7.81. The predicted octanol–water partition coefficient (Wildman–Crippen LogP) is 4.33. The highest BCUT2D eigenvalue weighted by molar-refractivity contribution is 5.69. The van der Waals surface area contributed by atoms with Crippen LogP contribution in [-0.4, -0.2) is 38.3 Å². The van der Waals surface area contributed by atoms with E-state index in [1.165, 1.54) is 11.1 Å². The number of nitrogens with zero attached hydrogens (tertiary/aromatic N) is 1. The van der Waals surface area contributed by atoms with E-state index in [0.29, 0.717) is 0 Å². The van der Waals surface area contributed by atoms with Gasteiger partial charge in [0.2, 0.25) is 0 Å². The second-order valence-electron chi connectivity index (χ2n) is 6.14. The van der Waals surface area contributed by atoms with E-state index in [1.54, 1.807) is 0 Å². The Morgan fingerprint density at radius 1 is 0.864 bits per heavy atom. The third-order valence-corrected chi connectivity index (χ3v) is 3.97. The molecule has 0 aliphatic carbocycles. The molecule has 2 aromatic carbocycles. The maximum Gasteiger partial charge on any atom is 0.137 e. The van der Waals surface area contributed by atoms with Crippen molar-refractivity contribution in [1.82, 2.24) is 0 Å². The number of benzene rings is 2. The standard InChI is InChI=1S/C20H26NO/c1-4-21(2,3)16-17-22-20-14-12-19(13-15-20)11-10-18-8-6-5-7-9-18/h5-15H,4,16-17H2,1-3H3/q+1/b11-10+. The summed E-state index contributed by atoms with van der Waals surface area (Å²) in [6.45, 7) is 5.09. The van der Waals surface area contributed by atoms with E-state index in [2.05, 4.69) is 57.4 Å². The maximum absolute atomic E-state index is 5.82. The average Bonchev–Trinajstić information content (AvgIpc) is 2.55. The molecule has 2 nitrogen and oxygen atoms in total. The average molecular weight is 296 g/mol. The monoisotopic (exact) mass is 296 g/mol. The van der Waals surface area contributed by atoms with Gasteiger partial charge in [-0.25, -0.2) is 0 Å². The summed E-state index contributed by atoms with van der Waals surface area (Å²) < 4.78 is 6.81. The first-order valence-electron chi connectivity index (χ1n) is 7.87. The van der Waals surface area contributed by atoms with E-state index in [-0.39, 0.29) is 0 Å². The van der Waals surface area contributed by atoms with Crippen LogP contribution >= 0.6 is 0 Å². The van der Waals surface area contributed by atoms with Gasteiger partial charge in [-0.1, -0.05) is 54.6 Å². The summed E-state index contributed by atoms with van der Waals surface area (Å²) in [7, 11) is 4.45. The number of ether oxygens (including phenoxy) is 1. The summed E-state index contributed by atoms with van der Waals surface area (Å²) in [4.78, 5) is 0. The summed E-state index contributed by atoms with van der Waals surface area (Å²) in [6, 6.07) is 18.6. The van der Waals surface area contributed by atoms with Crippen LogP contribution in [-0.2, 0) is 0 Å². The van der Waals surface area contributed by atoms with E-state index in [1.807, 2.05) is 30.3 Å². The summed E-state index contributed by atoms with van der Waals surface area (Å²) in [5.74, 6) is 0.938. The molecule has 0 N–H and O–H groups in total. The van der Waals surface area contributed by atoms with Gasteiger partial charge in [-0.15, -0.1) is 0 Å². The first kappa shape index (κ1) is 16.3. The fourth-order valence-corrected chi connectivity index (χ4v) is 2.00. The van der Waals surface area contributed by atoms with Crippen LogP contribution in [0.5, 0.6) is 5.75 Å². The molecule has 22 heavy (non-hydrogen) atoms. The molecule has 0 saturated heterocycles. The molecule has 0 amide bonds. The number of likely N-dealkylation sites (N-methyl/N-ethyl adjacent to an activating group) is 1. The van der Waals surface area contributed by atoms with Crippen molar-refractivity contribution in [3.63, 3.8) is 0 Å². The van der Waals surface area contributed by atoms with Crippen LogP contribution in [0.1, 0.15) is 18.1 Å².